The molecular weight excluding hydrogens is 210 g/mol. The van der Waals surface area contributed by atoms with E-state index in [-0.39, 0.29) is 5.50 Å². The molecule has 0 spiro atoms. The van der Waals surface area contributed by atoms with Crippen LogP contribution in [0, 0.1) is 20.8 Å². The van der Waals surface area contributed by atoms with E-state index in [1.165, 1.54) is 5.56 Å². The van der Waals surface area contributed by atoms with Crippen molar-refractivity contribution in [1.29, 1.82) is 0 Å². The minimum absolute atomic E-state index is 0.144. The molecule has 1 aromatic rings. The third kappa shape index (κ3) is 2.27. The van der Waals surface area contributed by atoms with E-state index in [1.807, 2.05) is 13.1 Å². The second-order valence-corrected chi connectivity index (χ2v) is 4.15. The maximum Gasteiger partial charge on any atom is 0.122 e. The summed E-state index contributed by atoms with van der Waals surface area (Å²) >= 11 is 6.22. The minimum Gasteiger partial charge on any atom is -0.496 e. The fourth-order valence-electron chi connectivity index (χ4n) is 1.81. The zero-order chi connectivity index (χ0) is 11.6. The van der Waals surface area contributed by atoms with Crippen LogP contribution in [0.25, 0.3) is 0 Å². The lowest BCUT2D eigenvalue weighted by Crippen LogP contribution is -2.13. The van der Waals surface area contributed by atoms with Crippen LogP contribution in [0.2, 0.25) is 0 Å². The van der Waals surface area contributed by atoms with E-state index in [1.54, 1.807) is 7.11 Å². The SMILES string of the molecule is CNC(Cl)c1c(C)cc(OC)c(C)c1C. The van der Waals surface area contributed by atoms with Crippen molar-refractivity contribution < 1.29 is 4.74 Å². The first-order valence-electron chi connectivity index (χ1n) is 4.99. The van der Waals surface area contributed by atoms with Crippen molar-refractivity contribution in [3.05, 3.63) is 28.3 Å². The number of nitrogens with one attached hydrogen (secondary N) is 1. The number of hydrogen-bond acceptors (Lipinski definition) is 2. The molecule has 1 N–H and O–H groups in total. The second kappa shape index (κ2) is 4.86. The molecule has 1 aromatic carbocycles. The van der Waals surface area contributed by atoms with Crippen LogP contribution in [-0.2, 0) is 0 Å². The van der Waals surface area contributed by atoms with Crippen LogP contribution in [0.3, 0.4) is 0 Å². The second-order valence-electron chi connectivity index (χ2n) is 3.71. The van der Waals surface area contributed by atoms with Crippen molar-refractivity contribution in [1.82, 2.24) is 5.32 Å². The third-order valence-electron chi connectivity index (χ3n) is 2.84. The van der Waals surface area contributed by atoms with Gasteiger partial charge in [0.05, 0.1) is 7.11 Å². The molecule has 0 heterocycles. The molecule has 0 bridgehead atoms. The Balaban J connectivity index is 3.35. The van der Waals surface area contributed by atoms with E-state index < -0.39 is 0 Å². The summed E-state index contributed by atoms with van der Waals surface area (Å²) in [5, 5.41) is 3.05. The summed E-state index contributed by atoms with van der Waals surface area (Å²) in [4.78, 5) is 0. The monoisotopic (exact) mass is 227 g/mol. The largest absolute Gasteiger partial charge is 0.496 e. The molecule has 1 unspecified atom stereocenters. The highest BCUT2D eigenvalue weighted by atomic mass is 35.5. The lowest BCUT2D eigenvalue weighted by atomic mass is 9.97. The maximum absolute atomic E-state index is 6.22. The van der Waals surface area contributed by atoms with Gasteiger partial charge in [0.2, 0.25) is 0 Å². The maximum atomic E-state index is 6.22. The van der Waals surface area contributed by atoms with Crippen molar-refractivity contribution in [3.63, 3.8) is 0 Å². The van der Waals surface area contributed by atoms with Gasteiger partial charge in [0.1, 0.15) is 11.3 Å². The van der Waals surface area contributed by atoms with Gasteiger partial charge >= 0.3 is 0 Å². The van der Waals surface area contributed by atoms with Crippen molar-refractivity contribution in [2.24, 2.45) is 0 Å². The Morgan fingerprint density at radius 3 is 2.33 bits per heavy atom. The summed E-state index contributed by atoms with van der Waals surface area (Å²) in [6.45, 7) is 6.18. The van der Waals surface area contributed by atoms with E-state index in [0.717, 1.165) is 22.4 Å². The number of methoxy groups -OCH3 is 1. The Morgan fingerprint density at radius 2 is 1.87 bits per heavy atom. The molecule has 1 atom stereocenters. The van der Waals surface area contributed by atoms with Crippen molar-refractivity contribution in [2.45, 2.75) is 26.3 Å². The summed E-state index contributed by atoms with van der Waals surface area (Å²) in [6, 6.07) is 2.03. The van der Waals surface area contributed by atoms with Crippen molar-refractivity contribution in [3.8, 4) is 5.75 Å². The summed E-state index contributed by atoms with van der Waals surface area (Å²) < 4.78 is 5.31. The summed E-state index contributed by atoms with van der Waals surface area (Å²) in [5.74, 6) is 0.925. The molecule has 3 heteroatoms. The van der Waals surface area contributed by atoms with Crippen LogP contribution >= 0.6 is 11.6 Å². The number of halogens is 1. The predicted octanol–water partition coefficient (Wildman–Crippen LogP) is 3.08. The van der Waals surface area contributed by atoms with Crippen LogP contribution in [0.15, 0.2) is 6.07 Å². The minimum atomic E-state index is -0.144. The lowest BCUT2D eigenvalue weighted by Gasteiger charge is -2.19. The van der Waals surface area contributed by atoms with Crippen LogP contribution < -0.4 is 10.1 Å². The predicted molar refractivity (Wildman–Crippen MR) is 64.9 cm³/mol. The molecule has 2 nitrogen and oxygen atoms in total. The molecule has 0 radical (unpaired) electrons. The molecule has 1 rings (SSSR count). The summed E-state index contributed by atoms with van der Waals surface area (Å²) in [6.07, 6.45) is 0. The molecule has 15 heavy (non-hydrogen) atoms. The average Bonchev–Trinajstić information content (AvgIpc) is 2.23. The van der Waals surface area contributed by atoms with Gasteiger partial charge in [-0.2, -0.15) is 0 Å². The van der Waals surface area contributed by atoms with Gasteiger partial charge in [-0.25, -0.2) is 0 Å². The fraction of sp³-hybridized carbons (Fsp3) is 0.500. The van der Waals surface area contributed by atoms with Gasteiger partial charge in [0.15, 0.2) is 0 Å². The third-order valence-corrected chi connectivity index (χ3v) is 3.27. The molecule has 0 saturated carbocycles. The molecule has 0 saturated heterocycles. The van der Waals surface area contributed by atoms with Gasteiger partial charge < -0.3 is 10.1 Å². The van der Waals surface area contributed by atoms with Crippen molar-refractivity contribution >= 4 is 11.6 Å². The Bertz CT molecular complexity index is 363. The average molecular weight is 228 g/mol. The van der Waals surface area contributed by atoms with Gasteiger partial charge in [-0.15, -0.1) is 11.6 Å². The number of ether oxygens (including phenoxy) is 1. The highest BCUT2D eigenvalue weighted by Gasteiger charge is 2.15. The number of benzene rings is 1. The molecule has 0 aliphatic heterocycles. The number of alkyl halides is 1. The fourth-order valence-corrected chi connectivity index (χ4v) is 2.15. The Labute approximate surface area is 96.6 Å². The molecule has 84 valence electrons. The number of rotatable bonds is 3. The van der Waals surface area contributed by atoms with Gasteiger partial charge in [-0.1, -0.05) is 0 Å². The van der Waals surface area contributed by atoms with Crippen LogP contribution in [0.4, 0.5) is 0 Å². The molecular formula is C12H18ClNO. The van der Waals surface area contributed by atoms with Gasteiger partial charge in [0.25, 0.3) is 0 Å². The Morgan fingerprint density at radius 1 is 1.27 bits per heavy atom. The Hall–Kier alpha value is -0.730. The topological polar surface area (TPSA) is 21.3 Å². The van der Waals surface area contributed by atoms with E-state index >= 15 is 0 Å². The van der Waals surface area contributed by atoms with E-state index in [2.05, 4.69) is 26.1 Å². The van der Waals surface area contributed by atoms with E-state index in [4.69, 9.17) is 16.3 Å². The summed E-state index contributed by atoms with van der Waals surface area (Å²) in [7, 11) is 3.55. The molecule has 0 fully saturated rings. The number of hydrogen-bond donors (Lipinski definition) is 1. The Kier molecular flexibility index (Phi) is 4.00. The first kappa shape index (κ1) is 12.3. The highest BCUT2D eigenvalue weighted by molar-refractivity contribution is 6.20. The number of aryl methyl sites for hydroxylation is 1. The summed E-state index contributed by atoms with van der Waals surface area (Å²) in [5.41, 5.74) is 4.51. The first-order valence-corrected chi connectivity index (χ1v) is 5.42. The van der Waals surface area contributed by atoms with Gasteiger partial charge in [-0.05, 0) is 56.1 Å². The molecule has 0 aliphatic carbocycles. The molecule has 0 aliphatic rings. The molecule has 0 aromatic heterocycles. The van der Waals surface area contributed by atoms with Crippen molar-refractivity contribution in [2.75, 3.05) is 14.2 Å². The highest BCUT2D eigenvalue weighted by Crippen LogP contribution is 2.32. The van der Waals surface area contributed by atoms with E-state index in [9.17, 15) is 0 Å². The smallest absolute Gasteiger partial charge is 0.122 e. The quantitative estimate of drug-likeness (QED) is 0.633. The van der Waals surface area contributed by atoms with Crippen LogP contribution in [-0.4, -0.2) is 14.2 Å². The molecule has 0 amide bonds. The van der Waals surface area contributed by atoms with E-state index in [0.29, 0.717) is 0 Å². The zero-order valence-electron chi connectivity index (χ0n) is 9.94. The zero-order valence-corrected chi connectivity index (χ0v) is 10.7. The van der Waals surface area contributed by atoms with Gasteiger partial charge in [0, 0.05) is 0 Å². The lowest BCUT2D eigenvalue weighted by molar-refractivity contribution is 0.410. The van der Waals surface area contributed by atoms with Crippen LogP contribution in [0.1, 0.15) is 27.8 Å². The first-order chi connectivity index (χ1) is 7.02. The normalized spacial score (nSPS) is 12.7. The standard InChI is InChI=1S/C12H18ClNO/c1-7-6-10(15-5)8(2)9(3)11(7)12(13)14-4/h6,12,14H,1-5H3. The van der Waals surface area contributed by atoms with Gasteiger partial charge in [-0.3, -0.25) is 0 Å². The van der Waals surface area contributed by atoms with Crippen LogP contribution in [0.5, 0.6) is 5.75 Å².